The summed E-state index contributed by atoms with van der Waals surface area (Å²) in [6, 6.07) is 13.0. The lowest BCUT2D eigenvalue weighted by Gasteiger charge is -2.13. The molecule has 5 nitrogen and oxygen atoms in total. The van der Waals surface area contributed by atoms with Crippen molar-refractivity contribution in [3.63, 3.8) is 0 Å². The molecule has 27 heavy (non-hydrogen) atoms. The molecule has 0 aromatic heterocycles. The van der Waals surface area contributed by atoms with E-state index in [2.05, 4.69) is 10.1 Å². The molecule has 0 heterocycles. The first-order chi connectivity index (χ1) is 12.9. The number of thioether (sulfide) groups is 1. The van der Waals surface area contributed by atoms with Crippen molar-refractivity contribution < 1.29 is 27.8 Å². The van der Waals surface area contributed by atoms with Gasteiger partial charge in [0.2, 0.25) is 0 Å². The van der Waals surface area contributed by atoms with Gasteiger partial charge in [-0.25, -0.2) is 0 Å². The molecule has 0 aliphatic heterocycles. The lowest BCUT2D eigenvalue weighted by atomic mass is 10.2. The number of ether oxygens (including phenoxy) is 2. The van der Waals surface area contributed by atoms with Gasteiger partial charge >= 0.3 is 12.6 Å². The van der Waals surface area contributed by atoms with Crippen LogP contribution >= 0.6 is 11.8 Å². The third-order valence-electron chi connectivity index (χ3n) is 3.57. The van der Waals surface area contributed by atoms with Gasteiger partial charge in [-0.05, 0) is 36.8 Å². The van der Waals surface area contributed by atoms with Crippen molar-refractivity contribution in [2.45, 2.75) is 30.2 Å². The molecule has 1 amide bonds. The van der Waals surface area contributed by atoms with Crippen molar-refractivity contribution in [3.8, 4) is 5.75 Å². The maximum atomic E-state index is 12.5. The highest BCUT2D eigenvalue weighted by Crippen LogP contribution is 2.27. The summed E-state index contributed by atoms with van der Waals surface area (Å²) in [4.78, 5) is 24.8. The number of carbonyl (C=O) groups excluding carboxylic acids is 2. The van der Waals surface area contributed by atoms with Crippen LogP contribution in [0.15, 0.2) is 53.4 Å². The Morgan fingerprint density at radius 2 is 1.78 bits per heavy atom. The average molecular weight is 395 g/mol. The number of hydrogen-bond acceptors (Lipinski definition) is 5. The molecule has 1 unspecified atom stereocenters. The SMILES string of the molecule is COC(=O)C(C)Sc1ccccc1C(=O)NCc1ccc(OC(F)F)cc1. The number of carbonyl (C=O) groups is 2. The highest BCUT2D eigenvalue weighted by atomic mass is 32.2. The highest BCUT2D eigenvalue weighted by Gasteiger charge is 2.18. The van der Waals surface area contributed by atoms with Gasteiger partial charge in [0.15, 0.2) is 0 Å². The molecule has 8 heteroatoms. The molecule has 1 atom stereocenters. The maximum absolute atomic E-state index is 12.5. The number of benzene rings is 2. The zero-order valence-corrected chi connectivity index (χ0v) is 15.6. The number of hydrogen-bond donors (Lipinski definition) is 1. The van der Waals surface area contributed by atoms with Gasteiger partial charge in [-0.1, -0.05) is 24.3 Å². The van der Waals surface area contributed by atoms with Crippen LogP contribution in [0.2, 0.25) is 0 Å². The Bertz CT molecular complexity index is 784. The third-order valence-corrected chi connectivity index (χ3v) is 4.73. The number of halogens is 2. The molecule has 2 aromatic rings. The Morgan fingerprint density at radius 1 is 1.11 bits per heavy atom. The summed E-state index contributed by atoms with van der Waals surface area (Å²) in [6.07, 6.45) is 0. The second-order valence-electron chi connectivity index (χ2n) is 5.48. The summed E-state index contributed by atoms with van der Waals surface area (Å²) in [5, 5.41) is 2.32. The van der Waals surface area contributed by atoms with E-state index in [1.807, 2.05) is 0 Å². The second kappa shape index (κ2) is 9.91. The average Bonchev–Trinajstić information content (AvgIpc) is 2.66. The van der Waals surface area contributed by atoms with E-state index in [4.69, 9.17) is 4.74 Å². The minimum atomic E-state index is -2.88. The predicted molar refractivity (Wildman–Crippen MR) is 98.0 cm³/mol. The zero-order valence-electron chi connectivity index (χ0n) is 14.8. The Hall–Kier alpha value is -2.61. The van der Waals surface area contributed by atoms with Gasteiger partial charge in [0.05, 0.1) is 12.7 Å². The van der Waals surface area contributed by atoms with Crippen molar-refractivity contribution in [2.24, 2.45) is 0 Å². The van der Waals surface area contributed by atoms with Gasteiger partial charge in [0.25, 0.3) is 5.91 Å². The van der Waals surface area contributed by atoms with E-state index in [-0.39, 0.29) is 24.2 Å². The Morgan fingerprint density at radius 3 is 2.41 bits per heavy atom. The van der Waals surface area contributed by atoms with Crippen LogP contribution < -0.4 is 10.1 Å². The first kappa shape index (κ1) is 20.7. The van der Waals surface area contributed by atoms with Crippen LogP contribution in [0.5, 0.6) is 5.75 Å². The molecule has 1 N–H and O–H groups in total. The first-order valence-electron chi connectivity index (χ1n) is 8.06. The molecule has 0 spiro atoms. The lowest BCUT2D eigenvalue weighted by molar-refractivity contribution is -0.139. The number of nitrogens with one attached hydrogen (secondary N) is 1. The smallest absolute Gasteiger partial charge is 0.387 e. The monoisotopic (exact) mass is 395 g/mol. The summed E-state index contributed by atoms with van der Waals surface area (Å²) < 4.78 is 33.3. The van der Waals surface area contributed by atoms with E-state index >= 15 is 0 Å². The lowest BCUT2D eigenvalue weighted by Crippen LogP contribution is -2.24. The molecular formula is C19H19F2NO4S. The van der Waals surface area contributed by atoms with Gasteiger partial charge in [-0.2, -0.15) is 8.78 Å². The van der Waals surface area contributed by atoms with Crippen LogP contribution in [0.3, 0.4) is 0 Å². The van der Waals surface area contributed by atoms with Gasteiger partial charge < -0.3 is 14.8 Å². The number of esters is 1. The summed E-state index contributed by atoms with van der Waals surface area (Å²) >= 11 is 1.24. The van der Waals surface area contributed by atoms with Gasteiger partial charge in [0, 0.05) is 11.4 Å². The molecule has 144 valence electrons. The van der Waals surface area contributed by atoms with Crippen molar-refractivity contribution in [1.82, 2.24) is 5.32 Å². The van der Waals surface area contributed by atoms with Gasteiger partial charge in [0.1, 0.15) is 11.0 Å². The molecule has 0 aliphatic carbocycles. The molecule has 0 saturated carbocycles. The molecule has 0 aliphatic rings. The van der Waals surface area contributed by atoms with Crippen LogP contribution in [0, 0.1) is 0 Å². The number of rotatable bonds is 8. The molecule has 0 bridgehead atoms. The topological polar surface area (TPSA) is 64.6 Å². The fraction of sp³-hybridized carbons (Fsp3) is 0.263. The van der Waals surface area contributed by atoms with Crippen LogP contribution in [0.4, 0.5) is 8.78 Å². The van der Waals surface area contributed by atoms with Gasteiger partial charge in [-0.15, -0.1) is 11.8 Å². The fourth-order valence-electron chi connectivity index (χ4n) is 2.23. The summed E-state index contributed by atoms with van der Waals surface area (Å²) in [6.45, 7) is -0.954. The van der Waals surface area contributed by atoms with Crippen molar-refractivity contribution >= 4 is 23.6 Å². The molecule has 0 radical (unpaired) electrons. The van der Waals surface area contributed by atoms with E-state index in [0.717, 1.165) is 5.56 Å². The van der Waals surface area contributed by atoms with E-state index in [1.165, 1.54) is 31.0 Å². The zero-order chi connectivity index (χ0) is 19.8. The quantitative estimate of drug-likeness (QED) is 0.543. The Labute approximate surface area is 160 Å². The van der Waals surface area contributed by atoms with E-state index in [9.17, 15) is 18.4 Å². The van der Waals surface area contributed by atoms with Crippen molar-refractivity contribution in [1.29, 1.82) is 0 Å². The van der Waals surface area contributed by atoms with E-state index in [0.29, 0.717) is 10.5 Å². The number of methoxy groups -OCH3 is 1. The molecule has 0 fully saturated rings. The highest BCUT2D eigenvalue weighted by molar-refractivity contribution is 8.00. The third kappa shape index (κ3) is 6.25. The van der Waals surface area contributed by atoms with Gasteiger partial charge in [-0.3, -0.25) is 9.59 Å². The summed E-state index contributed by atoms with van der Waals surface area (Å²) in [5.74, 6) is -0.622. The number of alkyl halides is 2. The Kier molecular flexibility index (Phi) is 7.60. The largest absolute Gasteiger partial charge is 0.468 e. The minimum Gasteiger partial charge on any atom is -0.468 e. The normalized spacial score (nSPS) is 11.7. The first-order valence-corrected chi connectivity index (χ1v) is 8.94. The van der Waals surface area contributed by atoms with Crippen molar-refractivity contribution in [2.75, 3.05) is 7.11 Å². The fourth-order valence-corrected chi connectivity index (χ4v) is 3.25. The van der Waals surface area contributed by atoms with Crippen LogP contribution in [0.1, 0.15) is 22.8 Å². The number of amides is 1. The molecule has 0 saturated heterocycles. The van der Waals surface area contributed by atoms with Crippen molar-refractivity contribution in [3.05, 3.63) is 59.7 Å². The molecular weight excluding hydrogens is 376 g/mol. The van der Waals surface area contributed by atoms with E-state index < -0.39 is 11.9 Å². The van der Waals surface area contributed by atoms with E-state index in [1.54, 1.807) is 43.3 Å². The molecule has 2 aromatic carbocycles. The molecule has 2 rings (SSSR count). The van der Waals surface area contributed by atoms with Crippen LogP contribution in [-0.2, 0) is 16.1 Å². The van der Waals surface area contributed by atoms with Crippen LogP contribution in [0.25, 0.3) is 0 Å². The predicted octanol–water partition coefficient (Wildman–Crippen LogP) is 3.87. The second-order valence-corrected chi connectivity index (χ2v) is 6.87. The Balaban J connectivity index is 2.00. The minimum absolute atomic E-state index is 0.0543. The summed E-state index contributed by atoms with van der Waals surface area (Å²) in [5.41, 5.74) is 1.17. The standard InChI is InChI=1S/C19H19F2NO4S/c1-12(18(24)25-2)27-16-6-4-3-5-15(16)17(23)22-11-13-7-9-14(10-8-13)26-19(20)21/h3-10,12,19H,11H2,1-2H3,(H,22,23). The maximum Gasteiger partial charge on any atom is 0.387 e. The summed E-state index contributed by atoms with van der Waals surface area (Å²) in [7, 11) is 1.32. The van der Waals surface area contributed by atoms with Crippen LogP contribution in [-0.4, -0.2) is 30.8 Å².